The van der Waals surface area contributed by atoms with Crippen molar-refractivity contribution in [1.82, 2.24) is 15.2 Å². The lowest BCUT2D eigenvalue weighted by atomic mass is 9.72. The fraction of sp³-hybridized carbons (Fsp3) is 0.387. The maximum atomic E-state index is 13.9. The van der Waals surface area contributed by atoms with Crippen molar-refractivity contribution >= 4 is 11.6 Å². The number of carbonyl (C=O) groups excluding carboxylic acids is 1. The molecule has 41 heavy (non-hydrogen) atoms. The number of benzene rings is 2. The van der Waals surface area contributed by atoms with Crippen LogP contribution in [0.1, 0.15) is 36.0 Å². The second-order valence-electron chi connectivity index (χ2n) is 10.7. The molecule has 2 aliphatic heterocycles. The SMILES string of the molecule is COc1ccccc1-c1ccc(C2(C(=O)NC[C@@H]3CCN3C)CCN(c3ccc(C(F)(F)F)cc3C#N)CC2)cn1. The molecule has 0 spiro atoms. The van der Waals surface area contributed by atoms with Crippen molar-refractivity contribution < 1.29 is 22.7 Å². The average molecular weight is 564 g/mol. The molecule has 1 amide bonds. The summed E-state index contributed by atoms with van der Waals surface area (Å²) in [5, 5.41) is 12.8. The van der Waals surface area contributed by atoms with Crippen LogP contribution in [-0.2, 0) is 16.4 Å². The Morgan fingerprint density at radius 3 is 2.49 bits per heavy atom. The van der Waals surface area contributed by atoms with E-state index in [4.69, 9.17) is 9.72 Å². The predicted octanol–water partition coefficient (Wildman–Crippen LogP) is 5.01. The first-order valence-electron chi connectivity index (χ1n) is 13.6. The molecule has 0 aliphatic carbocycles. The fourth-order valence-corrected chi connectivity index (χ4v) is 5.75. The molecule has 0 bridgehead atoms. The number of rotatable bonds is 7. The zero-order valence-corrected chi connectivity index (χ0v) is 23.0. The molecule has 2 saturated heterocycles. The van der Waals surface area contributed by atoms with E-state index in [9.17, 15) is 23.2 Å². The first-order valence-corrected chi connectivity index (χ1v) is 13.6. The molecule has 3 heterocycles. The molecule has 5 rings (SSSR count). The number of anilines is 1. The Morgan fingerprint density at radius 1 is 1.15 bits per heavy atom. The van der Waals surface area contributed by atoms with Gasteiger partial charge < -0.3 is 19.9 Å². The quantitative estimate of drug-likeness (QED) is 0.436. The maximum absolute atomic E-state index is 13.9. The molecular weight excluding hydrogens is 531 g/mol. The number of nitriles is 1. The van der Waals surface area contributed by atoms with Gasteiger partial charge in [0.2, 0.25) is 5.91 Å². The van der Waals surface area contributed by atoms with E-state index in [1.165, 1.54) is 6.07 Å². The Hall–Kier alpha value is -4.10. The van der Waals surface area contributed by atoms with E-state index < -0.39 is 17.2 Å². The van der Waals surface area contributed by atoms with Crippen molar-refractivity contribution in [3.63, 3.8) is 0 Å². The summed E-state index contributed by atoms with van der Waals surface area (Å²) in [6, 6.07) is 16.9. The molecule has 214 valence electrons. The summed E-state index contributed by atoms with van der Waals surface area (Å²) >= 11 is 0. The molecule has 3 aromatic rings. The standard InChI is InChI=1S/C31H32F3N5O2/c1-38-14-11-24(38)20-37-29(40)30(23-7-9-26(36-19-23)25-5-3-4-6-28(25)41-2)12-15-39(16-13-30)27-10-8-22(31(32,33)34)17-21(27)18-35/h3-10,17,19,24H,11-16,20H2,1-2H3,(H,37,40)/t24-/m0/s1. The van der Waals surface area contributed by atoms with Crippen LogP contribution in [0.25, 0.3) is 11.3 Å². The number of alkyl halides is 3. The van der Waals surface area contributed by atoms with Crippen LogP contribution in [0.4, 0.5) is 18.9 Å². The molecule has 2 aliphatic rings. The molecule has 0 saturated carbocycles. The lowest BCUT2D eigenvalue weighted by Crippen LogP contribution is -2.56. The van der Waals surface area contributed by atoms with Crippen molar-refractivity contribution in [2.45, 2.75) is 36.9 Å². The lowest BCUT2D eigenvalue weighted by molar-refractivity contribution is -0.137. The van der Waals surface area contributed by atoms with Crippen molar-refractivity contribution in [3.05, 3.63) is 77.5 Å². The molecule has 10 heteroatoms. The van der Waals surface area contributed by atoms with E-state index in [-0.39, 0.29) is 11.5 Å². The van der Waals surface area contributed by atoms with E-state index in [2.05, 4.69) is 10.2 Å². The summed E-state index contributed by atoms with van der Waals surface area (Å²) in [5.74, 6) is 0.611. The van der Waals surface area contributed by atoms with Crippen LogP contribution in [0.3, 0.4) is 0 Å². The number of methoxy groups -OCH3 is 1. The number of piperidine rings is 1. The Kier molecular flexibility index (Phi) is 7.91. The third kappa shape index (κ3) is 5.59. The molecule has 1 N–H and O–H groups in total. The van der Waals surface area contributed by atoms with Gasteiger partial charge >= 0.3 is 6.18 Å². The maximum Gasteiger partial charge on any atom is 0.416 e. The molecule has 0 unspecified atom stereocenters. The van der Waals surface area contributed by atoms with Crippen LogP contribution in [0.15, 0.2) is 60.8 Å². The second-order valence-corrected chi connectivity index (χ2v) is 10.7. The van der Waals surface area contributed by atoms with E-state index in [0.717, 1.165) is 41.9 Å². The molecule has 0 radical (unpaired) electrons. The van der Waals surface area contributed by atoms with Gasteiger partial charge in [-0.25, -0.2) is 0 Å². The minimum absolute atomic E-state index is 0.0346. The second kappa shape index (κ2) is 11.4. The van der Waals surface area contributed by atoms with Crippen LogP contribution in [0, 0.1) is 11.3 Å². The van der Waals surface area contributed by atoms with Gasteiger partial charge in [-0.3, -0.25) is 9.78 Å². The van der Waals surface area contributed by atoms with Crippen molar-refractivity contribution in [2.24, 2.45) is 0 Å². The van der Waals surface area contributed by atoms with E-state index >= 15 is 0 Å². The number of hydrogen-bond donors (Lipinski definition) is 1. The molecule has 2 aromatic carbocycles. The minimum Gasteiger partial charge on any atom is -0.496 e. The minimum atomic E-state index is -4.53. The van der Waals surface area contributed by atoms with Crippen molar-refractivity contribution in [3.8, 4) is 23.1 Å². The topological polar surface area (TPSA) is 81.5 Å². The highest BCUT2D eigenvalue weighted by Gasteiger charge is 2.44. The van der Waals surface area contributed by atoms with Gasteiger partial charge in [-0.15, -0.1) is 0 Å². The van der Waals surface area contributed by atoms with E-state index in [1.54, 1.807) is 13.3 Å². The number of carbonyl (C=O) groups is 1. The first kappa shape index (κ1) is 28.4. The number of amides is 1. The number of nitrogens with zero attached hydrogens (tertiary/aromatic N) is 4. The zero-order chi connectivity index (χ0) is 29.2. The number of nitrogens with one attached hydrogen (secondary N) is 1. The third-order valence-corrected chi connectivity index (χ3v) is 8.47. The number of hydrogen-bond acceptors (Lipinski definition) is 6. The Morgan fingerprint density at radius 2 is 1.90 bits per heavy atom. The Bertz CT molecular complexity index is 1440. The number of aromatic nitrogens is 1. The molecule has 2 fully saturated rings. The van der Waals surface area contributed by atoms with Crippen LogP contribution in [0.5, 0.6) is 5.75 Å². The summed E-state index contributed by atoms with van der Waals surface area (Å²) in [4.78, 5) is 22.7. The molecule has 1 aromatic heterocycles. The lowest BCUT2D eigenvalue weighted by Gasteiger charge is -2.43. The molecule has 7 nitrogen and oxygen atoms in total. The van der Waals surface area contributed by atoms with Gasteiger partial charge in [0.1, 0.15) is 11.8 Å². The van der Waals surface area contributed by atoms with Gasteiger partial charge in [0.25, 0.3) is 0 Å². The van der Waals surface area contributed by atoms with Gasteiger partial charge in [0.05, 0.1) is 35.0 Å². The van der Waals surface area contributed by atoms with Crippen LogP contribution >= 0.6 is 0 Å². The summed E-state index contributed by atoms with van der Waals surface area (Å²) in [6.07, 6.45) is -0.929. The van der Waals surface area contributed by atoms with Crippen LogP contribution < -0.4 is 15.0 Å². The monoisotopic (exact) mass is 563 g/mol. The molecular formula is C31H32F3N5O2. The summed E-state index contributed by atoms with van der Waals surface area (Å²) in [6.45, 7) is 2.34. The van der Waals surface area contributed by atoms with Crippen LogP contribution in [-0.4, -0.2) is 62.2 Å². The van der Waals surface area contributed by atoms with E-state index in [0.29, 0.717) is 50.0 Å². The average Bonchev–Trinajstić information content (AvgIpc) is 2.99. The Labute approximate surface area is 237 Å². The van der Waals surface area contributed by atoms with Crippen LogP contribution in [0.2, 0.25) is 0 Å². The zero-order valence-electron chi connectivity index (χ0n) is 23.0. The molecule has 1 atom stereocenters. The first-order chi connectivity index (χ1) is 19.7. The van der Waals surface area contributed by atoms with E-state index in [1.807, 2.05) is 54.4 Å². The predicted molar refractivity (Wildman–Crippen MR) is 150 cm³/mol. The number of halogens is 3. The van der Waals surface area contributed by atoms with Gasteiger partial charge in [0, 0.05) is 37.4 Å². The number of likely N-dealkylation sites (tertiary alicyclic amines) is 1. The number of likely N-dealkylation sites (N-methyl/N-ethyl adjacent to an activating group) is 1. The number of ether oxygens (including phenoxy) is 1. The number of pyridine rings is 1. The Balaban J connectivity index is 1.42. The van der Waals surface area contributed by atoms with Gasteiger partial charge in [-0.1, -0.05) is 18.2 Å². The summed E-state index contributed by atoms with van der Waals surface area (Å²) in [7, 11) is 3.64. The smallest absolute Gasteiger partial charge is 0.416 e. The van der Waals surface area contributed by atoms with Gasteiger partial charge in [0.15, 0.2) is 0 Å². The normalized spacial score (nSPS) is 18.7. The van der Waals surface area contributed by atoms with Crippen molar-refractivity contribution in [2.75, 3.05) is 45.2 Å². The summed E-state index contributed by atoms with van der Waals surface area (Å²) < 4.78 is 45.2. The van der Waals surface area contributed by atoms with Gasteiger partial charge in [-0.05, 0) is 74.8 Å². The highest BCUT2D eigenvalue weighted by Crippen LogP contribution is 2.40. The summed E-state index contributed by atoms with van der Waals surface area (Å²) in [5.41, 5.74) is 1.02. The van der Waals surface area contributed by atoms with Crippen molar-refractivity contribution in [1.29, 1.82) is 5.26 Å². The van der Waals surface area contributed by atoms with Gasteiger partial charge in [-0.2, -0.15) is 18.4 Å². The largest absolute Gasteiger partial charge is 0.496 e. The number of para-hydroxylation sites is 1. The fourth-order valence-electron chi connectivity index (χ4n) is 5.75. The highest BCUT2D eigenvalue weighted by atomic mass is 19.4. The third-order valence-electron chi connectivity index (χ3n) is 8.47. The highest BCUT2D eigenvalue weighted by molar-refractivity contribution is 5.89.